The number of carbonyl (C=O) groups is 1. The predicted octanol–water partition coefficient (Wildman–Crippen LogP) is 4.96. The number of halogens is 2. The fourth-order valence-electron chi connectivity index (χ4n) is 5.26. The van der Waals surface area contributed by atoms with Crippen LogP contribution in [0, 0.1) is 11.7 Å². The summed E-state index contributed by atoms with van der Waals surface area (Å²) in [4.78, 5) is 17.0. The molecule has 1 aliphatic carbocycles. The second-order valence-electron chi connectivity index (χ2n) is 9.10. The van der Waals surface area contributed by atoms with Gasteiger partial charge in [0, 0.05) is 29.6 Å². The Balaban J connectivity index is 1.18. The van der Waals surface area contributed by atoms with Crippen molar-refractivity contribution in [3.05, 3.63) is 34.1 Å². The Labute approximate surface area is 182 Å². The van der Waals surface area contributed by atoms with Crippen LogP contribution in [-0.4, -0.2) is 54.1 Å². The van der Waals surface area contributed by atoms with Gasteiger partial charge in [-0.05, 0) is 81.3 Å². The molecule has 2 heterocycles. The molecule has 3 aliphatic rings. The second-order valence-corrected chi connectivity index (χ2v) is 9.96. The van der Waals surface area contributed by atoms with Crippen LogP contribution in [0.2, 0.25) is 0 Å². The van der Waals surface area contributed by atoms with Crippen LogP contribution in [0.25, 0.3) is 0 Å². The molecule has 1 aromatic rings. The van der Waals surface area contributed by atoms with Gasteiger partial charge in [-0.1, -0.05) is 35.2 Å². The highest BCUT2D eigenvalue weighted by Crippen LogP contribution is 2.28. The molecule has 1 aromatic carbocycles. The molecule has 2 amide bonds. The number of benzene rings is 1. The molecule has 1 N–H and O–H groups in total. The van der Waals surface area contributed by atoms with E-state index in [1.165, 1.54) is 38.2 Å². The SMILES string of the molecule is O=C1NC(CCN2CCC(Cc3cc(F)ccc3Br)CC2)CN1C1CCCCC1. The Bertz CT molecular complexity index is 701. The molecule has 2 aliphatic heterocycles. The van der Waals surface area contributed by atoms with Crippen molar-refractivity contribution < 1.29 is 9.18 Å². The van der Waals surface area contributed by atoms with Gasteiger partial charge in [-0.3, -0.25) is 0 Å². The van der Waals surface area contributed by atoms with Crippen LogP contribution in [0.4, 0.5) is 9.18 Å². The maximum absolute atomic E-state index is 13.5. The van der Waals surface area contributed by atoms with Gasteiger partial charge in [-0.2, -0.15) is 0 Å². The van der Waals surface area contributed by atoms with E-state index in [1.54, 1.807) is 6.07 Å². The molecule has 1 saturated carbocycles. The number of rotatable bonds is 6. The number of likely N-dealkylation sites (tertiary alicyclic amines) is 1. The third-order valence-electron chi connectivity index (χ3n) is 7.04. The van der Waals surface area contributed by atoms with Crippen LogP contribution in [0.3, 0.4) is 0 Å². The Kier molecular flexibility index (Phi) is 7.12. The highest BCUT2D eigenvalue weighted by atomic mass is 79.9. The fraction of sp³-hybridized carbons (Fsp3) is 0.696. The highest BCUT2D eigenvalue weighted by molar-refractivity contribution is 9.10. The first-order valence-electron chi connectivity index (χ1n) is 11.3. The molecule has 160 valence electrons. The van der Waals surface area contributed by atoms with Gasteiger partial charge in [0.1, 0.15) is 5.82 Å². The lowest BCUT2D eigenvalue weighted by molar-refractivity contribution is 0.171. The van der Waals surface area contributed by atoms with E-state index >= 15 is 0 Å². The minimum Gasteiger partial charge on any atom is -0.333 e. The summed E-state index contributed by atoms with van der Waals surface area (Å²) in [7, 11) is 0. The number of hydrogen-bond donors (Lipinski definition) is 1. The second kappa shape index (κ2) is 9.78. The van der Waals surface area contributed by atoms with E-state index in [2.05, 4.69) is 31.0 Å². The molecular formula is C23H33BrFN3O. The van der Waals surface area contributed by atoms with Crippen LogP contribution in [0.5, 0.6) is 0 Å². The standard InChI is InChI=1S/C23H33BrFN3O/c24-22-7-6-19(25)15-18(22)14-17-8-11-27(12-9-17)13-10-20-16-28(23(29)26-20)21-4-2-1-3-5-21/h6-7,15,17,20-21H,1-5,8-14,16H2,(H,26,29). The van der Waals surface area contributed by atoms with Crippen LogP contribution in [-0.2, 0) is 6.42 Å². The molecule has 0 aromatic heterocycles. The van der Waals surface area contributed by atoms with Gasteiger partial charge < -0.3 is 15.1 Å². The number of carbonyl (C=O) groups excluding carboxylic acids is 1. The third kappa shape index (κ3) is 5.52. The molecule has 0 radical (unpaired) electrons. The van der Waals surface area contributed by atoms with Crippen molar-refractivity contribution in [2.24, 2.45) is 5.92 Å². The summed E-state index contributed by atoms with van der Waals surface area (Å²) in [6.07, 6.45) is 10.5. The van der Waals surface area contributed by atoms with E-state index in [0.29, 0.717) is 18.0 Å². The molecule has 1 unspecified atom stereocenters. The zero-order chi connectivity index (χ0) is 20.2. The lowest BCUT2D eigenvalue weighted by atomic mass is 9.90. The van der Waals surface area contributed by atoms with Gasteiger partial charge in [-0.15, -0.1) is 0 Å². The van der Waals surface area contributed by atoms with E-state index in [4.69, 9.17) is 0 Å². The minimum absolute atomic E-state index is 0.151. The molecule has 1 atom stereocenters. The van der Waals surface area contributed by atoms with Crippen molar-refractivity contribution in [3.63, 3.8) is 0 Å². The van der Waals surface area contributed by atoms with E-state index in [-0.39, 0.29) is 11.8 Å². The number of nitrogens with one attached hydrogen (secondary N) is 1. The maximum atomic E-state index is 13.5. The molecule has 3 fully saturated rings. The van der Waals surface area contributed by atoms with E-state index in [9.17, 15) is 9.18 Å². The van der Waals surface area contributed by atoms with Crippen molar-refractivity contribution in [2.45, 2.75) is 69.9 Å². The van der Waals surface area contributed by atoms with Crippen molar-refractivity contribution in [3.8, 4) is 0 Å². The van der Waals surface area contributed by atoms with Crippen molar-refractivity contribution in [1.29, 1.82) is 0 Å². The molecule has 4 nitrogen and oxygen atoms in total. The first-order chi connectivity index (χ1) is 14.1. The summed E-state index contributed by atoms with van der Waals surface area (Å²) < 4.78 is 14.5. The van der Waals surface area contributed by atoms with Gasteiger partial charge in [0.15, 0.2) is 0 Å². The van der Waals surface area contributed by atoms with Crippen LogP contribution in [0.15, 0.2) is 22.7 Å². The monoisotopic (exact) mass is 465 g/mol. The van der Waals surface area contributed by atoms with Gasteiger partial charge in [0.25, 0.3) is 0 Å². The number of urea groups is 1. The van der Waals surface area contributed by atoms with Gasteiger partial charge in [0.2, 0.25) is 0 Å². The molecule has 29 heavy (non-hydrogen) atoms. The predicted molar refractivity (Wildman–Crippen MR) is 117 cm³/mol. The topological polar surface area (TPSA) is 35.6 Å². The first kappa shape index (κ1) is 21.1. The number of piperidine rings is 1. The normalized spacial score (nSPS) is 24.8. The summed E-state index contributed by atoms with van der Waals surface area (Å²) in [5.74, 6) is 0.471. The largest absolute Gasteiger partial charge is 0.333 e. The molecule has 2 saturated heterocycles. The smallest absolute Gasteiger partial charge is 0.317 e. The average Bonchev–Trinajstić information content (AvgIpc) is 3.11. The van der Waals surface area contributed by atoms with Gasteiger partial charge in [-0.25, -0.2) is 9.18 Å². The lowest BCUT2D eigenvalue weighted by Crippen LogP contribution is -2.39. The Morgan fingerprint density at radius 3 is 2.62 bits per heavy atom. The Morgan fingerprint density at radius 2 is 1.86 bits per heavy atom. The fourth-order valence-corrected chi connectivity index (χ4v) is 5.67. The molecule has 6 heteroatoms. The zero-order valence-electron chi connectivity index (χ0n) is 17.2. The van der Waals surface area contributed by atoms with Gasteiger partial charge in [0.05, 0.1) is 0 Å². The summed E-state index contributed by atoms with van der Waals surface area (Å²) in [6, 6.07) is 5.90. The Hall–Kier alpha value is -1.14. The third-order valence-corrected chi connectivity index (χ3v) is 7.81. The summed E-state index contributed by atoms with van der Waals surface area (Å²) in [6.45, 7) is 4.14. The van der Waals surface area contributed by atoms with Crippen molar-refractivity contribution >= 4 is 22.0 Å². The quantitative estimate of drug-likeness (QED) is 0.644. The zero-order valence-corrected chi connectivity index (χ0v) is 18.8. The molecule has 0 bridgehead atoms. The lowest BCUT2D eigenvalue weighted by Gasteiger charge is -2.33. The molecule has 0 spiro atoms. The van der Waals surface area contributed by atoms with E-state index < -0.39 is 0 Å². The van der Waals surface area contributed by atoms with Crippen molar-refractivity contribution in [2.75, 3.05) is 26.2 Å². The highest BCUT2D eigenvalue weighted by Gasteiger charge is 2.34. The van der Waals surface area contributed by atoms with E-state index in [1.807, 2.05) is 6.07 Å². The number of amides is 2. The molecule has 4 rings (SSSR count). The molecular weight excluding hydrogens is 433 g/mol. The summed E-state index contributed by atoms with van der Waals surface area (Å²) in [5, 5.41) is 3.21. The number of hydrogen-bond acceptors (Lipinski definition) is 2. The summed E-state index contributed by atoms with van der Waals surface area (Å²) in [5.41, 5.74) is 1.08. The van der Waals surface area contributed by atoms with Crippen LogP contribution >= 0.6 is 15.9 Å². The average molecular weight is 466 g/mol. The van der Waals surface area contributed by atoms with E-state index in [0.717, 1.165) is 61.9 Å². The first-order valence-corrected chi connectivity index (χ1v) is 12.1. The van der Waals surface area contributed by atoms with Gasteiger partial charge >= 0.3 is 6.03 Å². The van der Waals surface area contributed by atoms with Crippen LogP contribution < -0.4 is 5.32 Å². The minimum atomic E-state index is -0.151. The van der Waals surface area contributed by atoms with Crippen LogP contribution in [0.1, 0.15) is 56.9 Å². The van der Waals surface area contributed by atoms with Crippen molar-refractivity contribution in [1.82, 2.24) is 15.1 Å². The maximum Gasteiger partial charge on any atom is 0.317 e. The number of nitrogens with zero attached hydrogens (tertiary/aromatic N) is 2. The summed E-state index contributed by atoms with van der Waals surface area (Å²) >= 11 is 3.55. The Morgan fingerprint density at radius 1 is 1.10 bits per heavy atom.